The molecule has 0 bridgehead atoms. The molecule has 1 aromatic heterocycles. The summed E-state index contributed by atoms with van der Waals surface area (Å²) in [5.41, 5.74) is 1.65. The van der Waals surface area contributed by atoms with Gasteiger partial charge in [0.05, 0.1) is 21.2 Å². The van der Waals surface area contributed by atoms with E-state index >= 15 is 0 Å². The summed E-state index contributed by atoms with van der Waals surface area (Å²) < 4.78 is 0. The fourth-order valence-corrected chi connectivity index (χ4v) is 3.61. The zero-order chi connectivity index (χ0) is 18.0. The number of nitrogens with zero attached hydrogens (tertiary/aromatic N) is 1. The molecule has 0 radical (unpaired) electrons. The monoisotopic (exact) mass is 390 g/mol. The Morgan fingerprint density at radius 3 is 2.44 bits per heavy atom. The van der Waals surface area contributed by atoms with Crippen LogP contribution in [0.25, 0.3) is 11.3 Å². The summed E-state index contributed by atoms with van der Waals surface area (Å²) in [6.07, 6.45) is 0. The Hall–Kier alpha value is -2.21. The third-order valence-corrected chi connectivity index (χ3v) is 5.01. The van der Waals surface area contributed by atoms with Crippen molar-refractivity contribution in [2.45, 2.75) is 6.92 Å². The molecule has 3 rings (SSSR count). The van der Waals surface area contributed by atoms with Gasteiger partial charge in [0.25, 0.3) is 5.91 Å². The first-order chi connectivity index (χ1) is 12.0. The molecule has 0 atom stereocenters. The lowest BCUT2D eigenvalue weighted by molar-refractivity contribution is 0.101. The van der Waals surface area contributed by atoms with Gasteiger partial charge < -0.3 is 0 Å². The number of carbonyl (C=O) groups excluding carboxylic acids is 2. The van der Waals surface area contributed by atoms with Crippen molar-refractivity contribution >= 4 is 51.4 Å². The number of rotatable bonds is 4. The molecule has 0 fully saturated rings. The first kappa shape index (κ1) is 17.6. The molecule has 1 amide bonds. The largest absolute Gasteiger partial charge is 0.298 e. The van der Waals surface area contributed by atoms with Gasteiger partial charge in [0.15, 0.2) is 10.9 Å². The normalized spacial score (nSPS) is 10.5. The molecule has 25 heavy (non-hydrogen) atoms. The molecule has 0 saturated heterocycles. The average Bonchev–Trinajstić information content (AvgIpc) is 2.99. The highest BCUT2D eigenvalue weighted by molar-refractivity contribution is 7.18. The van der Waals surface area contributed by atoms with Gasteiger partial charge in [-0.25, -0.2) is 4.98 Å². The van der Waals surface area contributed by atoms with Crippen LogP contribution >= 0.6 is 34.5 Å². The summed E-state index contributed by atoms with van der Waals surface area (Å²) in [7, 11) is 0. The molecule has 0 aliphatic rings. The Kier molecular flexibility index (Phi) is 5.18. The molecule has 0 unspecified atom stereocenters. The predicted octanol–water partition coefficient (Wildman–Crippen LogP) is 5.57. The molecule has 3 aromatic rings. The van der Waals surface area contributed by atoms with Gasteiger partial charge in [0.2, 0.25) is 0 Å². The average molecular weight is 391 g/mol. The molecule has 0 aliphatic carbocycles. The van der Waals surface area contributed by atoms with Gasteiger partial charge in [-0.05, 0) is 18.2 Å². The zero-order valence-electron chi connectivity index (χ0n) is 13.0. The van der Waals surface area contributed by atoms with E-state index in [2.05, 4.69) is 10.3 Å². The van der Waals surface area contributed by atoms with Gasteiger partial charge in [-0.3, -0.25) is 14.9 Å². The van der Waals surface area contributed by atoms with E-state index in [1.165, 1.54) is 19.1 Å². The number of Topliss-reactive ketones (excluding diaryl/α,β-unsaturated/α-hetero) is 1. The van der Waals surface area contributed by atoms with Gasteiger partial charge >= 0.3 is 0 Å². The van der Waals surface area contributed by atoms with Crippen molar-refractivity contribution in [3.63, 3.8) is 0 Å². The summed E-state index contributed by atoms with van der Waals surface area (Å²) in [5, 5.41) is 3.72. The molecule has 0 aliphatic heterocycles. The zero-order valence-corrected chi connectivity index (χ0v) is 15.4. The van der Waals surface area contributed by atoms with Crippen molar-refractivity contribution in [1.82, 2.24) is 4.98 Å². The van der Waals surface area contributed by atoms with E-state index in [4.69, 9.17) is 23.2 Å². The maximum absolute atomic E-state index is 12.4. The maximum Gasteiger partial charge on any atom is 0.258 e. The standard InChI is InChI=1S/C18H12Cl2N2O2S/c1-10(23)16-15(11-5-3-2-4-6-11)21-18(25-16)22-17(24)13-8-7-12(19)9-14(13)20/h2-9H,1H3,(H,21,22,24). The van der Waals surface area contributed by atoms with Crippen LogP contribution in [0, 0.1) is 0 Å². The van der Waals surface area contributed by atoms with E-state index in [-0.39, 0.29) is 16.4 Å². The van der Waals surface area contributed by atoms with Crippen LogP contribution in [-0.4, -0.2) is 16.7 Å². The molecular weight excluding hydrogens is 379 g/mol. The Balaban J connectivity index is 1.93. The van der Waals surface area contributed by atoms with E-state index in [9.17, 15) is 9.59 Å². The lowest BCUT2D eigenvalue weighted by Crippen LogP contribution is -2.12. The van der Waals surface area contributed by atoms with Crippen LogP contribution in [0.5, 0.6) is 0 Å². The topological polar surface area (TPSA) is 59.1 Å². The van der Waals surface area contributed by atoms with Crippen LogP contribution in [0.15, 0.2) is 48.5 Å². The molecule has 1 heterocycles. The van der Waals surface area contributed by atoms with E-state index in [0.717, 1.165) is 16.9 Å². The van der Waals surface area contributed by atoms with Crippen molar-refractivity contribution < 1.29 is 9.59 Å². The number of hydrogen-bond acceptors (Lipinski definition) is 4. The van der Waals surface area contributed by atoms with Crippen LogP contribution < -0.4 is 5.32 Å². The third-order valence-electron chi connectivity index (χ3n) is 3.39. The minimum atomic E-state index is -0.412. The number of hydrogen-bond donors (Lipinski definition) is 1. The van der Waals surface area contributed by atoms with Crippen LogP contribution in [0.4, 0.5) is 5.13 Å². The van der Waals surface area contributed by atoms with Crippen molar-refractivity contribution in [1.29, 1.82) is 0 Å². The molecule has 2 aromatic carbocycles. The van der Waals surface area contributed by atoms with Crippen molar-refractivity contribution in [3.05, 3.63) is 69.0 Å². The number of carbonyl (C=O) groups is 2. The number of amides is 1. The Morgan fingerprint density at radius 1 is 1.08 bits per heavy atom. The number of aromatic nitrogens is 1. The van der Waals surface area contributed by atoms with Crippen LogP contribution in [-0.2, 0) is 0 Å². The number of benzene rings is 2. The van der Waals surface area contributed by atoms with Crippen LogP contribution in [0.3, 0.4) is 0 Å². The summed E-state index contributed by atoms with van der Waals surface area (Å²) in [6.45, 7) is 1.47. The lowest BCUT2D eigenvalue weighted by Gasteiger charge is -2.04. The second-order valence-corrected chi connectivity index (χ2v) is 7.04. The SMILES string of the molecule is CC(=O)c1sc(NC(=O)c2ccc(Cl)cc2Cl)nc1-c1ccccc1. The third kappa shape index (κ3) is 3.90. The minimum Gasteiger partial charge on any atom is -0.298 e. The van der Waals surface area contributed by atoms with E-state index in [1.807, 2.05) is 30.3 Å². The molecular formula is C18H12Cl2N2O2S. The summed E-state index contributed by atoms with van der Waals surface area (Å²) >= 11 is 13.0. The van der Waals surface area contributed by atoms with E-state index < -0.39 is 5.91 Å². The van der Waals surface area contributed by atoms with E-state index in [0.29, 0.717) is 20.7 Å². The molecule has 1 N–H and O–H groups in total. The van der Waals surface area contributed by atoms with Gasteiger partial charge in [-0.15, -0.1) is 0 Å². The highest BCUT2D eigenvalue weighted by atomic mass is 35.5. The quantitative estimate of drug-likeness (QED) is 0.592. The second-order valence-electron chi connectivity index (χ2n) is 5.20. The van der Waals surface area contributed by atoms with Crippen LogP contribution in [0.1, 0.15) is 27.0 Å². The van der Waals surface area contributed by atoms with Gasteiger partial charge in [-0.2, -0.15) is 0 Å². The summed E-state index contributed by atoms with van der Waals surface area (Å²) in [4.78, 5) is 29.2. The molecule has 0 saturated carbocycles. The van der Waals surface area contributed by atoms with E-state index in [1.54, 1.807) is 6.07 Å². The first-order valence-electron chi connectivity index (χ1n) is 7.29. The van der Waals surface area contributed by atoms with Crippen molar-refractivity contribution in [2.24, 2.45) is 0 Å². The number of anilines is 1. The molecule has 0 spiro atoms. The Labute approximate surface area is 158 Å². The highest BCUT2D eigenvalue weighted by Crippen LogP contribution is 2.32. The fourth-order valence-electron chi connectivity index (χ4n) is 2.24. The summed E-state index contributed by atoms with van der Waals surface area (Å²) in [5.74, 6) is -0.522. The number of ketones is 1. The molecule has 7 heteroatoms. The number of halogens is 2. The highest BCUT2D eigenvalue weighted by Gasteiger charge is 2.19. The molecule has 126 valence electrons. The second kappa shape index (κ2) is 7.35. The Morgan fingerprint density at radius 2 is 1.80 bits per heavy atom. The van der Waals surface area contributed by atoms with Gasteiger partial charge in [0.1, 0.15) is 0 Å². The van der Waals surface area contributed by atoms with Crippen LogP contribution in [0.2, 0.25) is 10.0 Å². The predicted molar refractivity (Wildman–Crippen MR) is 102 cm³/mol. The first-order valence-corrected chi connectivity index (χ1v) is 8.86. The summed E-state index contributed by atoms with van der Waals surface area (Å²) in [6, 6.07) is 14.0. The fraction of sp³-hybridized carbons (Fsp3) is 0.0556. The lowest BCUT2D eigenvalue weighted by atomic mass is 10.1. The minimum absolute atomic E-state index is 0.110. The maximum atomic E-state index is 12.4. The molecule has 4 nitrogen and oxygen atoms in total. The smallest absolute Gasteiger partial charge is 0.258 e. The van der Waals surface area contributed by atoms with Crippen molar-refractivity contribution in [2.75, 3.05) is 5.32 Å². The number of thiazole rings is 1. The van der Waals surface area contributed by atoms with Crippen molar-refractivity contribution in [3.8, 4) is 11.3 Å². The van der Waals surface area contributed by atoms with Gasteiger partial charge in [0, 0.05) is 17.5 Å². The van der Waals surface area contributed by atoms with Gasteiger partial charge in [-0.1, -0.05) is 64.9 Å². The number of nitrogens with one attached hydrogen (secondary N) is 1. The Bertz CT molecular complexity index is 955.